The maximum atomic E-state index is 12.1. The van der Waals surface area contributed by atoms with Crippen molar-refractivity contribution in [1.82, 2.24) is 15.1 Å². The summed E-state index contributed by atoms with van der Waals surface area (Å²) in [5.41, 5.74) is 1.12. The van der Waals surface area contributed by atoms with E-state index in [-0.39, 0.29) is 18.3 Å². The molecule has 3 aromatic rings. The summed E-state index contributed by atoms with van der Waals surface area (Å²) >= 11 is 6.04. The van der Waals surface area contributed by atoms with E-state index < -0.39 is 0 Å². The monoisotopic (exact) mass is 373 g/mol. The van der Waals surface area contributed by atoms with Crippen molar-refractivity contribution in [1.29, 1.82) is 0 Å². The van der Waals surface area contributed by atoms with E-state index in [0.717, 1.165) is 18.5 Å². The summed E-state index contributed by atoms with van der Waals surface area (Å²) in [6, 6.07) is 10.6. The average Bonchev–Trinajstić information content (AvgIpc) is 3.27. The number of carbonyl (C=O) groups excluding carboxylic acids is 1. The Labute approximate surface area is 156 Å². The van der Waals surface area contributed by atoms with Crippen molar-refractivity contribution in [2.45, 2.75) is 26.5 Å². The number of benzene rings is 1. The van der Waals surface area contributed by atoms with E-state index in [0.29, 0.717) is 23.1 Å². The van der Waals surface area contributed by atoms with Gasteiger partial charge in [-0.2, -0.15) is 5.10 Å². The predicted molar refractivity (Wildman–Crippen MR) is 98.4 cm³/mol. The van der Waals surface area contributed by atoms with E-state index in [9.17, 15) is 4.79 Å². The smallest absolute Gasteiger partial charge is 0.286 e. The Hall–Kier alpha value is -2.73. The van der Waals surface area contributed by atoms with Crippen LogP contribution in [0.2, 0.25) is 5.02 Å². The molecule has 0 radical (unpaired) electrons. The van der Waals surface area contributed by atoms with Gasteiger partial charge in [-0.05, 0) is 43.2 Å². The van der Waals surface area contributed by atoms with Crippen molar-refractivity contribution in [2.24, 2.45) is 0 Å². The SMILES string of the molecule is Cc1cnn(CCCNC(=O)c2ccc(COc3ccccc3Cl)o2)c1. The molecule has 0 atom stereocenters. The maximum absolute atomic E-state index is 12.1. The topological polar surface area (TPSA) is 69.3 Å². The molecule has 3 rings (SSSR count). The highest BCUT2D eigenvalue weighted by Crippen LogP contribution is 2.24. The fraction of sp³-hybridized carbons (Fsp3) is 0.263. The minimum absolute atomic E-state index is 0.204. The Morgan fingerprint density at radius 1 is 1.31 bits per heavy atom. The van der Waals surface area contributed by atoms with Crippen molar-refractivity contribution >= 4 is 17.5 Å². The normalized spacial score (nSPS) is 10.7. The number of nitrogens with one attached hydrogen (secondary N) is 1. The van der Waals surface area contributed by atoms with Crippen LogP contribution < -0.4 is 10.1 Å². The van der Waals surface area contributed by atoms with Crippen molar-refractivity contribution in [2.75, 3.05) is 6.54 Å². The second-order valence-corrected chi connectivity index (χ2v) is 6.28. The average molecular weight is 374 g/mol. The highest BCUT2D eigenvalue weighted by Gasteiger charge is 2.11. The summed E-state index contributed by atoms with van der Waals surface area (Å²) in [6.45, 7) is 3.50. The molecule has 0 saturated carbocycles. The molecule has 0 aliphatic rings. The summed E-state index contributed by atoms with van der Waals surface area (Å²) in [4.78, 5) is 12.1. The van der Waals surface area contributed by atoms with Gasteiger partial charge in [0.05, 0.1) is 11.2 Å². The van der Waals surface area contributed by atoms with Gasteiger partial charge >= 0.3 is 0 Å². The molecular formula is C19H20ClN3O3. The number of aryl methyl sites for hydroxylation is 2. The van der Waals surface area contributed by atoms with Crippen LogP contribution in [0.25, 0.3) is 0 Å². The van der Waals surface area contributed by atoms with Gasteiger partial charge in [-0.3, -0.25) is 9.48 Å². The highest BCUT2D eigenvalue weighted by atomic mass is 35.5. The largest absolute Gasteiger partial charge is 0.484 e. The minimum Gasteiger partial charge on any atom is -0.484 e. The van der Waals surface area contributed by atoms with E-state index in [1.54, 1.807) is 24.3 Å². The number of nitrogens with zero attached hydrogens (tertiary/aromatic N) is 2. The molecule has 2 aromatic heterocycles. The molecule has 7 heteroatoms. The first-order valence-electron chi connectivity index (χ1n) is 8.35. The van der Waals surface area contributed by atoms with Gasteiger partial charge in [0, 0.05) is 19.3 Å². The van der Waals surface area contributed by atoms with Crippen LogP contribution in [0.15, 0.2) is 53.2 Å². The number of amides is 1. The molecule has 0 fully saturated rings. The molecule has 2 heterocycles. The summed E-state index contributed by atoms with van der Waals surface area (Å²) in [5.74, 6) is 1.15. The Morgan fingerprint density at radius 2 is 2.15 bits per heavy atom. The van der Waals surface area contributed by atoms with E-state index in [2.05, 4.69) is 10.4 Å². The second kappa shape index (κ2) is 8.58. The molecule has 1 N–H and O–H groups in total. The fourth-order valence-electron chi connectivity index (χ4n) is 2.41. The number of rotatable bonds is 8. The van der Waals surface area contributed by atoms with Gasteiger partial charge in [0.2, 0.25) is 0 Å². The lowest BCUT2D eigenvalue weighted by molar-refractivity contribution is 0.0921. The summed E-state index contributed by atoms with van der Waals surface area (Å²) in [6.07, 6.45) is 4.57. The van der Waals surface area contributed by atoms with Crippen LogP contribution >= 0.6 is 11.6 Å². The summed E-state index contributed by atoms with van der Waals surface area (Å²) in [7, 11) is 0. The van der Waals surface area contributed by atoms with Gasteiger partial charge in [-0.25, -0.2) is 0 Å². The van der Waals surface area contributed by atoms with Crippen molar-refractivity contribution in [3.05, 3.63) is 70.9 Å². The number of hydrogen-bond donors (Lipinski definition) is 1. The van der Waals surface area contributed by atoms with Gasteiger partial charge in [0.25, 0.3) is 5.91 Å². The first-order chi connectivity index (χ1) is 12.6. The van der Waals surface area contributed by atoms with Gasteiger partial charge in [0.15, 0.2) is 5.76 Å². The first kappa shape index (κ1) is 18.1. The van der Waals surface area contributed by atoms with Gasteiger partial charge in [-0.1, -0.05) is 23.7 Å². The first-order valence-corrected chi connectivity index (χ1v) is 8.73. The minimum atomic E-state index is -0.245. The standard InChI is InChI=1S/C19H20ClN3O3/c1-14-11-22-23(12-14)10-4-9-21-19(24)18-8-7-15(26-18)13-25-17-6-3-2-5-16(17)20/h2-3,5-8,11-12H,4,9-10,13H2,1H3,(H,21,24). The lowest BCUT2D eigenvalue weighted by Crippen LogP contribution is -2.24. The summed E-state index contributed by atoms with van der Waals surface area (Å²) < 4.78 is 13.0. The van der Waals surface area contributed by atoms with E-state index >= 15 is 0 Å². The molecule has 6 nitrogen and oxygen atoms in total. The van der Waals surface area contributed by atoms with Crippen LogP contribution in [-0.4, -0.2) is 22.2 Å². The Kier molecular flexibility index (Phi) is 5.96. The van der Waals surface area contributed by atoms with Crippen LogP contribution in [0.3, 0.4) is 0 Å². The number of halogens is 1. The number of hydrogen-bond acceptors (Lipinski definition) is 4. The number of carbonyl (C=O) groups is 1. The third-order valence-electron chi connectivity index (χ3n) is 3.70. The number of ether oxygens (including phenoxy) is 1. The maximum Gasteiger partial charge on any atom is 0.286 e. The van der Waals surface area contributed by atoms with E-state index in [1.807, 2.05) is 36.1 Å². The third kappa shape index (κ3) is 4.89. The van der Waals surface area contributed by atoms with Crippen molar-refractivity contribution in [3.63, 3.8) is 0 Å². The Morgan fingerprint density at radius 3 is 2.92 bits per heavy atom. The van der Waals surface area contributed by atoms with Crippen LogP contribution in [-0.2, 0) is 13.2 Å². The van der Waals surface area contributed by atoms with Gasteiger partial charge < -0.3 is 14.5 Å². The van der Waals surface area contributed by atoms with Crippen LogP contribution in [0.5, 0.6) is 5.75 Å². The summed E-state index contributed by atoms with van der Waals surface area (Å²) in [5, 5.41) is 7.58. The van der Waals surface area contributed by atoms with Gasteiger partial charge in [-0.15, -0.1) is 0 Å². The molecule has 136 valence electrons. The lowest BCUT2D eigenvalue weighted by atomic mass is 10.3. The molecule has 0 spiro atoms. The van der Waals surface area contributed by atoms with Crippen LogP contribution in [0.1, 0.15) is 28.3 Å². The number of furan rings is 1. The Balaban J connectivity index is 1.43. The third-order valence-corrected chi connectivity index (χ3v) is 4.02. The van der Waals surface area contributed by atoms with Gasteiger partial charge in [0.1, 0.15) is 18.1 Å². The lowest BCUT2D eigenvalue weighted by Gasteiger charge is -2.06. The molecule has 0 aliphatic heterocycles. The predicted octanol–water partition coefficient (Wildman–Crippen LogP) is 3.84. The Bertz CT molecular complexity index is 872. The zero-order valence-corrected chi connectivity index (χ0v) is 15.2. The molecule has 1 aromatic carbocycles. The molecule has 26 heavy (non-hydrogen) atoms. The molecule has 0 unspecified atom stereocenters. The van der Waals surface area contributed by atoms with Crippen molar-refractivity contribution < 1.29 is 13.9 Å². The molecule has 0 aliphatic carbocycles. The molecule has 0 bridgehead atoms. The fourth-order valence-corrected chi connectivity index (χ4v) is 2.60. The zero-order valence-electron chi connectivity index (χ0n) is 14.4. The van der Waals surface area contributed by atoms with Crippen LogP contribution in [0, 0.1) is 6.92 Å². The van der Waals surface area contributed by atoms with E-state index in [1.165, 1.54) is 0 Å². The molecule has 0 saturated heterocycles. The second-order valence-electron chi connectivity index (χ2n) is 5.88. The molecule has 1 amide bonds. The van der Waals surface area contributed by atoms with E-state index in [4.69, 9.17) is 20.8 Å². The number of aromatic nitrogens is 2. The van der Waals surface area contributed by atoms with Crippen LogP contribution in [0.4, 0.5) is 0 Å². The number of para-hydroxylation sites is 1. The highest BCUT2D eigenvalue weighted by molar-refractivity contribution is 6.32. The zero-order chi connectivity index (χ0) is 18.4. The van der Waals surface area contributed by atoms with Crippen molar-refractivity contribution in [3.8, 4) is 5.75 Å². The molecular weight excluding hydrogens is 354 g/mol. The quantitative estimate of drug-likeness (QED) is 0.609.